The van der Waals surface area contributed by atoms with Crippen molar-refractivity contribution in [2.24, 2.45) is 0 Å². The number of ether oxygens (including phenoxy) is 1. The standard InChI is InChI=1S/C11H17NO/c1-3-7-13-9(2)10-5-4-6-11(12)8-10/h4-6,8-9H,3,7,12H2,1-2H3. The second-order valence-corrected chi connectivity index (χ2v) is 3.18. The van der Waals surface area contributed by atoms with Gasteiger partial charge in [0.25, 0.3) is 0 Å². The van der Waals surface area contributed by atoms with Crippen LogP contribution in [0.5, 0.6) is 0 Å². The molecule has 0 aliphatic carbocycles. The fraction of sp³-hybridized carbons (Fsp3) is 0.455. The van der Waals surface area contributed by atoms with Gasteiger partial charge in [0, 0.05) is 12.3 Å². The lowest BCUT2D eigenvalue weighted by Gasteiger charge is -2.12. The van der Waals surface area contributed by atoms with E-state index in [4.69, 9.17) is 10.5 Å². The normalized spacial score (nSPS) is 12.8. The van der Waals surface area contributed by atoms with Gasteiger partial charge in [0.15, 0.2) is 0 Å². The Hall–Kier alpha value is -1.02. The van der Waals surface area contributed by atoms with Crippen molar-refractivity contribution >= 4 is 5.69 Å². The van der Waals surface area contributed by atoms with Gasteiger partial charge in [0.1, 0.15) is 0 Å². The van der Waals surface area contributed by atoms with E-state index in [1.54, 1.807) is 0 Å². The van der Waals surface area contributed by atoms with E-state index in [1.165, 1.54) is 0 Å². The third-order valence-corrected chi connectivity index (χ3v) is 1.95. The highest BCUT2D eigenvalue weighted by Gasteiger charge is 2.04. The molecule has 2 heteroatoms. The fourth-order valence-electron chi connectivity index (χ4n) is 1.20. The Bertz CT molecular complexity index is 260. The SMILES string of the molecule is CCCOC(C)c1cccc(N)c1. The molecule has 0 aromatic heterocycles. The number of anilines is 1. The van der Waals surface area contributed by atoms with Gasteiger partial charge in [-0.15, -0.1) is 0 Å². The van der Waals surface area contributed by atoms with Crippen LogP contribution in [0.25, 0.3) is 0 Å². The van der Waals surface area contributed by atoms with E-state index in [0.29, 0.717) is 0 Å². The molecule has 0 saturated carbocycles. The van der Waals surface area contributed by atoms with E-state index in [0.717, 1.165) is 24.3 Å². The van der Waals surface area contributed by atoms with Gasteiger partial charge in [0.2, 0.25) is 0 Å². The number of hydrogen-bond acceptors (Lipinski definition) is 2. The Labute approximate surface area is 79.7 Å². The minimum Gasteiger partial charge on any atom is -0.399 e. The third kappa shape index (κ3) is 3.07. The molecule has 13 heavy (non-hydrogen) atoms. The lowest BCUT2D eigenvalue weighted by molar-refractivity contribution is 0.0663. The third-order valence-electron chi connectivity index (χ3n) is 1.95. The average molecular weight is 179 g/mol. The molecular weight excluding hydrogens is 162 g/mol. The van der Waals surface area contributed by atoms with Crippen LogP contribution in [-0.4, -0.2) is 6.61 Å². The van der Waals surface area contributed by atoms with Gasteiger partial charge in [-0.05, 0) is 31.0 Å². The summed E-state index contributed by atoms with van der Waals surface area (Å²) in [7, 11) is 0. The monoisotopic (exact) mass is 179 g/mol. The van der Waals surface area contributed by atoms with Gasteiger partial charge in [-0.1, -0.05) is 19.1 Å². The first-order valence-electron chi connectivity index (χ1n) is 4.71. The molecule has 1 unspecified atom stereocenters. The molecule has 2 nitrogen and oxygen atoms in total. The van der Waals surface area contributed by atoms with Gasteiger partial charge in [-0.2, -0.15) is 0 Å². The largest absolute Gasteiger partial charge is 0.399 e. The van der Waals surface area contributed by atoms with Crippen LogP contribution in [0.2, 0.25) is 0 Å². The highest BCUT2D eigenvalue weighted by molar-refractivity contribution is 5.41. The molecule has 1 rings (SSSR count). The molecule has 0 aliphatic heterocycles. The maximum Gasteiger partial charge on any atom is 0.0797 e. The zero-order chi connectivity index (χ0) is 9.68. The molecule has 0 bridgehead atoms. The van der Waals surface area contributed by atoms with Gasteiger partial charge >= 0.3 is 0 Å². The predicted octanol–water partition coefficient (Wildman–Crippen LogP) is 2.76. The summed E-state index contributed by atoms with van der Waals surface area (Å²) in [6, 6.07) is 7.84. The summed E-state index contributed by atoms with van der Waals surface area (Å²) in [5.41, 5.74) is 7.61. The van der Waals surface area contributed by atoms with Gasteiger partial charge < -0.3 is 10.5 Å². The smallest absolute Gasteiger partial charge is 0.0797 e. The number of nitrogen functional groups attached to an aromatic ring is 1. The first-order chi connectivity index (χ1) is 6.24. The molecule has 0 radical (unpaired) electrons. The maximum atomic E-state index is 5.67. The van der Waals surface area contributed by atoms with E-state index in [2.05, 4.69) is 6.92 Å². The molecule has 0 fully saturated rings. The lowest BCUT2D eigenvalue weighted by Crippen LogP contribution is -2.01. The average Bonchev–Trinajstić information content (AvgIpc) is 2.14. The van der Waals surface area contributed by atoms with Crippen LogP contribution >= 0.6 is 0 Å². The van der Waals surface area contributed by atoms with Crippen molar-refractivity contribution in [1.29, 1.82) is 0 Å². The lowest BCUT2D eigenvalue weighted by atomic mass is 10.1. The van der Waals surface area contributed by atoms with Crippen LogP contribution in [0.3, 0.4) is 0 Å². The van der Waals surface area contributed by atoms with Crippen LogP contribution in [0.1, 0.15) is 31.9 Å². The first kappa shape index (κ1) is 10.1. The van der Waals surface area contributed by atoms with E-state index in [9.17, 15) is 0 Å². The van der Waals surface area contributed by atoms with Crippen LogP contribution in [0, 0.1) is 0 Å². The second kappa shape index (κ2) is 4.87. The zero-order valence-corrected chi connectivity index (χ0v) is 8.29. The number of hydrogen-bond donors (Lipinski definition) is 1. The van der Waals surface area contributed by atoms with Crippen molar-refractivity contribution < 1.29 is 4.74 Å². The van der Waals surface area contributed by atoms with Crippen molar-refractivity contribution in [2.45, 2.75) is 26.4 Å². The van der Waals surface area contributed by atoms with Gasteiger partial charge in [-0.3, -0.25) is 0 Å². The van der Waals surface area contributed by atoms with Gasteiger partial charge in [-0.25, -0.2) is 0 Å². The Balaban J connectivity index is 2.60. The van der Waals surface area contributed by atoms with E-state index in [-0.39, 0.29) is 6.10 Å². The van der Waals surface area contributed by atoms with Crippen molar-refractivity contribution in [3.8, 4) is 0 Å². The van der Waals surface area contributed by atoms with Crippen LogP contribution in [0.4, 0.5) is 5.69 Å². The first-order valence-corrected chi connectivity index (χ1v) is 4.71. The molecule has 0 spiro atoms. The molecule has 1 aromatic carbocycles. The van der Waals surface area contributed by atoms with Crippen LogP contribution < -0.4 is 5.73 Å². The Morgan fingerprint density at radius 2 is 2.23 bits per heavy atom. The summed E-state index contributed by atoms with van der Waals surface area (Å²) < 4.78 is 5.58. The van der Waals surface area contributed by atoms with E-state index < -0.39 is 0 Å². The van der Waals surface area contributed by atoms with Crippen molar-refractivity contribution in [3.63, 3.8) is 0 Å². The molecule has 0 amide bonds. The summed E-state index contributed by atoms with van der Waals surface area (Å²) in [4.78, 5) is 0. The van der Waals surface area contributed by atoms with E-state index in [1.807, 2.05) is 31.2 Å². The molecule has 0 heterocycles. The molecular formula is C11H17NO. The molecule has 2 N–H and O–H groups in total. The molecule has 0 saturated heterocycles. The Morgan fingerprint density at radius 1 is 1.46 bits per heavy atom. The summed E-state index contributed by atoms with van der Waals surface area (Å²) in [6.45, 7) is 4.95. The fourth-order valence-corrected chi connectivity index (χ4v) is 1.20. The highest BCUT2D eigenvalue weighted by Crippen LogP contribution is 2.18. The minimum absolute atomic E-state index is 0.142. The Kier molecular flexibility index (Phi) is 3.77. The van der Waals surface area contributed by atoms with Crippen LogP contribution in [-0.2, 0) is 4.74 Å². The van der Waals surface area contributed by atoms with Gasteiger partial charge in [0.05, 0.1) is 6.10 Å². The molecule has 1 aromatic rings. The van der Waals surface area contributed by atoms with Crippen molar-refractivity contribution in [3.05, 3.63) is 29.8 Å². The second-order valence-electron chi connectivity index (χ2n) is 3.18. The van der Waals surface area contributed by atoms with Crippen molar-refractivity contribution in [2.75, 3.05) is 12.3 Å². The molecule has 1 atom stereocenters. The zero-order valence-electron chi connectivity index (χ0n) is 8.29. The van der Waals surface area contributed by atoms with E-state index >= 15 is 0 Å². The maximum absolute atomic E-state index is 5.67. The molecule has 0 aliphatic rings. The summed E-state index contributed by atoms with van der Waals surface area (Å²) >= 11 is 0. The summed E-state index contributed by atoms with van der Waals surface area (Å²) in [5.74, 6) is 0. The number of nitrogens with two attached hydrogens (primary N) is 1. The number of rotatable bonds is 4. The topological polar surface area (TPSA) is 35.2 Å². The summed E-state index contributed by atoms with van der Waals surface area (Å²) in [6.07, 6.45) is 1.19. The molecule has 72 valence electrons. The predicted molar refractivity (Wildman–Crippen MR) is 55.5 cm³/mol. The minimum atomic E-state index is 0.142. The Morgan fingerprint density at radius 3 is 2.85 bits per heavy atom. The van der Waals surface area contributed by atoms with Crippen molar-refractivity contribution in [1.82, 2.24) is 0 Å². The van der Waals surface area contributed by atoms with Crippen LogP contribution in [0.15, 0.2) is 24.3 Å². The number of benzene rings is 1. The highest BCUT2D eigenvalue weighted by atomic mass is 16.5. The summed E-state index contributed by atoms with van der Waals surface area (Å²) in [5, 5.41) is 0. The quantitative estimate of drug-likeness (QED) is 0.721.